The summed E-state index contributed by atoms with van der Waals surface area (Å²) in [4.78, 5) is 39.3. The van der Waals surface area contributed by atoms with Gasteiger partial charge in [-0.2, -0.15) is 0 Å². The van der Waals surface area contributed by atoms with Gasteiger partial charge in [0.25, 0.3) is 5.91 Å². The number of alkyl halides is 1. The first-order valence-corrected chi connectivity index (χ1v) is 12.7. The van der Waals surface area contributed by atoms with Gasteiger partial charge in [-0.25, -0.2) is 0 Å². The quantitative estimate of drug-likeness (QED) is 0.0788. The van der Waals surface area contributed by atoms with Crippen molar-refractivity contribution in [2.75, 3.05) is 33.0 Å². The molecule has 0 heterocycles. The van der Waals surface area contributed by atoms with Crippen molar-refractivity contribution >= 4 is 85.5 Å². The highest BCUT2D eigenvalue weighted by molar-refractivity contribution is 14.1. The zero-order valence-electron chi connectivity index (χ0n) is 17.2. The van der Waals surface area contributed by atoms with E-state index in [2.05, 4.69) is 0 Å². The van der Waals surface area contributed by atoms with E-state index < -0.39 is 78.0 Å². The molecule has 1 aliphatic carbocycles. The van der Waals surface area contributed by atoms with Crippen LogP contribution in [0.4, 0.5) is 0 Å². The van der Waals surface area contributed by atoms with Gasteiger partial charge >= 0.3 is 0 Å². The van der Waals surface area contributed by atoms with Crippen molar-refractivity contribution in [3.05, 3.63) is 18.4 Å². The predicted octanol–water partition coefficient (Wildman–Crippen LogP) is -2.23. The number of allylic oxidation sites excluding steroid dienone is 1. The third kappa shape index (κ3) is 5.81. The second-order valence-electron chi connectivity index (χ2n) is 7.29. The number of amides is 3. The molecular weight excluding hydrogens is 783 g/mol. The van der Waals surface area contributed by atoms with E-state index in [1.807, 2.05) is 0 Å². The molecule has 0 bridgehead atoms. The summed E-state index contributed by atoms with van der Waals surface area (Å²) in [6.45, 7) is -3.30. The Hall–Kier alpha value is -0.160. The van der Waals surface area contributed by atoms with Crippen molar-refractivity contribution in [2.24, 2.45) is 16.9 Å². The number of hydrogen-bond acceptors (Lipinski definition) is 9. The van der Waals surface area contributed by atoms with Crippen LogP contribution >= 0.6 is 67.8 Å². The van der Waals surface area contributed by atoms with Gasteiger partial charge < -0.3 is 47.0 Å². The highest BCUT2D eigenvalue weighted by Gasteiger charge is 2.64. The van der Waals surface area contributed by atoms with Gasteiger partial charge in [0.15, 0.2) is 0 Å². The Morgan fingerprint density at radius 1 is 0.970 bits per heavy atom. The molecule has 0 aromatic carbocycles. The standard InChI is InChI=1S/C18H26I3N3O9/c19-12-11(15(22)32)18(21,4-9(30)6-27)17(16(23)33,3-8(29)5-26)14(20)13(12)24(1-2-25)10(31)7-28/h8-9,25-30H,1-7H2,(H2,22,32)(H2,23,33). The van der Waals surface area contributed by atoms with Crippen LogP contribution in [0.1, 0.15) is 12.8 Å². The first kappa shape index (κ1) is 30.9. The number of hydrogen-bond donors (Lipinski definition) is 8. The lowest BCUT2D eigenvalue weighted by Crippen LogP contribution is -2.61. The van der Waals surface area contributed by atoms with Crippen molar-refractivity contribution in [1.82, 2.24) is 4.90 Å². The Kier molecular flexibility index (Phi) is 11.9. The van der Waals surface area contributed by atoms with Crippen LogP contribution in [-0.2, 0) is 14.4 Å². The molecule has 0 radical (unpaired) electrons. The molecule has 0 aromatic rings. The van der Waals surface area contributed by atoms with Crippen LogP contribution < -0.4 is 11.5 Å². The monoisotopic (exact) mass is 809 g/mol. The smallest absolute Gasteiger partial charge is 0.252 e. The number of aliphatic hydroxyl groups is 6. The number of nitrogens with zero attached hydrogens (tertiary/aromatic N) is 1. The van der Waals surface area contributed by atoms with E-state index in [4.69, 9.17) is 11.5 Å². The van der Waals surface area contributed by atoms with Gasteiger partial charge in [0.1, 0.15) is 12.0 Å². The van der Waals surface area contributed by atoms with Crippen molar-refractivity contribution in [1.29, 1.82) is 0 Å². The van der Waals surface area contributed by atoms with Gasteiger partial charge in [-0.05, 0) is 58.0 Å². The maximum Gasteiger partial charge on any atom is 0.252 e. The van der Waals surface area contributed by atoms with Crippen LogP contribution in [0.15, 0.2) is 18.4 Å². The molecule has 0 saturated carbocycles. The Morgan fingerprint density at radius 3 is 1.88 bits per heavy atom. The number of nitrogens with two attached hydrogens (primary N) is 2. The van der Waals surface area contributed by atoms with E-state index in [1.54, 1.807) is 67.8 Å². The van der Waals surface area contributed by atoms with Gasteiger partial charge in [-0.3, -0.25) is 14.4 Å². The van der Waals surface area contributed by atoms with Crippen LogP contribution in [0, 0.1) is 5.41 Å². The first-order chi connectivity index (χ1) is 15.3. The van der Waals surface area contributed by atoms with Crippen molar-refractivity contribution in [2.45, 2.75) is 28.5 Å². The van der Waals surface area contributed by atoms with Crippen molar-refractivity contribution < 1.29 is 45.0 Å². The third-order valence-electron chi connectivity index (χ3n) is 5.26. The van der Waals surface area contributed by atoms with E-state index in [1.165, 1.54) is 0 Å². The Balaban J connectivity index is 4.23. The number of carbonyl (C=O) groups excluding carboxylic acids is 3. The molecule has 0 aliphatic heterocycles. The van der Waals surface area contributed by atoms with E-state index in [0.29, 0.717) is 0 Å². The summed E-state index contributed by atoms with van der Waals surface area (Å²) in [6, 6.07) is 0. The molecular formula is C18H26I3N3O9. The summed E-state index contributed by atoms with van der Waals surface area (Å²) in [5, 5.41) is 58.6. The molecule has 0 spiro atoms. The summed E-state index contributed by atoms with van der Waals surface area (Å²) in [6.07, 6.45) is -3.86. The maximum atomic E-state index is 13.1. The molecule has 1 aliphatic rings. The van der Waals surface area contributed by atoms with Crippen molar-refractivity contribution in [3.8, 4) is 0 Å². The van der Waals surface area contributed by atoms with E-state index in [-0.39, 0.29) is 25.0 Å². The fourth-order valence-electron chi connectivity index (χ4n) is 3.80. The Labute approximate surface area is 230 Å². The van der Waals surface area contributed by atoms with Crippen LogP contribution in [0.3, 0.4) is 0 Å². The van der Waals surface area contributed by atoms with Crippen molar-refractivity contribution in [3.63, 3.8) is 0 Å². The van der Waals surface area contributed by atoms with Gasteiger partial charge in [0.05, 0.1) is 41.1 Å². The van der Waals surface area contributed by atoms with E-state index >= 15 is 0 Å². The molecule has 0 fully saturated rings. The summed E-state index contributed by atoms with van der Waals surface area (Å²) >= 11 is 5.18. The SMILES string of the molecule is NC(=O)C1=C(I)C(N(CCO)C(=O)CO)=C(I)C(CC(O)CO)(C(N)=O)C1(I)CC(O)CO. The zero-order chi connectivity index (χ0) is 25.7. The van der Waals surface area contributed by atoms with Crippen LogP contribution in [0.5, 0.6) is 0 Å². The van der Waals surface area contributed by atoms with Crippen LogP contribution in [-0.4, -0.2) is 102 Å². The fraction of sp³-hybridized carbons (Fsp3) is 0.611. The molecule has 12 nitrogen and oxygen atoms in total. The molecule has 188 valence electrons. The van der Waals surface area contributed by atoms with Crippen LogP contribution in [0.25, 0.3) is 0 Å². The van der Waals surface area contributed by atoms with Gasteiger partial charge in [-0.15, -0.1) is 0 Å². The van der Waals surface area contributed by atoms with Gasteiger partial charge in [0, 0.05) is 19.3 Å². The highest BCUT2D eigenvalue weighted by Crippen LogP contribution is 2.62. The molecule has 33 heavy (non-hydrogen) atoms. The van der Waals surface area contributed by atoms with Gasteiger partial charge in [-0.1, -0.05) is 22.6 Å². The lowest BCUT2D eigenvalue weighted by atomic mass is 9.62. The number of rotatable bonds is 12. The Morgan fingerprint density at radius 2 is 1.48 bits per heavy atom. The summed E-state index contributed by atoms with van der Waals surface area (Å²) in [7, 11) is 0. The first-order valence-electron chi connectivity index (χ1n) is 9.50. The molecule has 4 atom stereocenters. The largest absolute Gasteiger partial charge is 0.395 e. The fourth-order valence-corrected chi connectivity index (χ4v) is 9.95. The molecule has 1 rings (SSSR count). The summed E-state index contributed by atoms with van der Waals surface area (Å²) in [5.74, 6) is -2.94. The summed E-state index contributed by atoms with van der Waals surface area (Å²) < 4.78 is -1.57. The highest BCUT2D eigenvalue weighted by atomic mass is 127. The van der Waals surface area contributed by atoms with E-state index in [0.717, 1.165) is 4.90 Å². The van der Waals surface area contributed by atoms with E-state index in [9.17, 15) is 45.0 Å². The molecule has 4 unspecified atom stereocenters. The number of carbonyl (C=O) groups is 3. The minimum absolute atomic E-state index is 0.0344. The minimum atomic E-state index is -2.00. The second-order valence-corrected chi connectivity index (χ2v) is 11.3. The second kappa shape index (κ2) is 12.7. The molecule has 15 heteroatoms. The topological polar surface area (TPSA) is 228 Å². The number of aliphatic hydroxyl groups excluding tert-OH is 6. The maximum absolute atomic E-state index is 13.1. The lowest BCUT2D eigenvalue weighted by Gasteiger charge is -2.51. The number of primary amides is 2. The molecule has 0 saturated heterocycles. The average Bonchev–Trinajstić information content (AvgIpc) is 2.74. The zero-order valence-corrected chi connectivity index (χ0v) is 23.7. The van der Waals surface area contributed by atoms with Crippen LogP contribution in [0.2, 0.25) is 0 Å². The molecule has 10 N–H and O–H groups in total. The Bertz CT molecular complexity index is 853. The third-order valence-corrected chi connectivity index (χ3v) is 9.64. The molecule has 0 aromatic heterocycles. The summed E-state index contributed by atoms with van der Waals surface area (Å²) in [5.41, 5.74) is 9.28. The number of halogens is 3. The minimum Gasteiger partial charge on any atom is -0.395 e. The lowest BCUT2D eigenvalue weighted by molar-refractivity contribution is -0.133. The normalized spacial score (nSPS) is 25.1. The van der Waals surface area contributed by atoms with Gasteiger partial charge in [0.2, 0.25) is 11.8 Å². The predicted molar refractivity (Wildman–Crippen MR) is 141 cm³/mol. The molecule has 3 amide bonds. The average molecular weight is 809 g/mol.